The second-order valence-corrected chi connectivity index (χ2v) is 5.64. The van der Waals surface area contributed by atoms with Crippen molar-refractivity contribution in [3.05, 3.63) is 28.8 Å². The minimum atomic E-state index is -0.434. The number of halogens is 3. The number of hydrogen-bond donors (Lipinski definition) is 0. The molecule has 0 unspecified atom stereocenters. The minimum Gasteiger partial charge on any atom is -0.327 e. The predicted molar refractivity (Wildman–Crippen MR) is 77.5 cm³/mol. The molecule has 6 heteroatoms. The van der Waals surface area contributed by atoms with Crippen LogP contribution in [0.5, 0.6) is 0 Å². The maximum atomic E-state index is 13.4. The highest BCUT2D eigenvalue weighted by Gasteiger charge is 2.13. The van der Waals surface area contributed by atoms with Crippen LogP contribution >= 0.6 is 35.0 Å². The van der Waals surface area contributed by atoms with Crippen LogP contribution in [0.25, 0.3) is 11.0 Å². The number of hydrogen-bond acceptors (Lipinski definition) is 2. The van der Waals surface area contributed by atoms with Crippen LogP contribution in [0.15, 0.2) is 12.1 Å². The van der Waals surface area contributed by atoms with Crippen LogP contribution in [0.3, 0.4) is 0 Å². The van der Waals surface area contributed by atoms with E-state index in [2.05, 4.69) is 9.55 Å². The average molecular weight is 307 g/mol. The van der Waals surface area contributed by atoms with E-state index in [1.807, 2.05) is 6.26 Å². The largest absolute Gasteiger partial charge is 0.327 e. The van der Waals surface area contributed by atoms with Gasteiger partial charge in [0.2, 0.25) is 0 Å². The lowest BCUT2D eigenvalue weighted by Crippen LogP contribution is -2.06. The van der Waals surface area contributed by atoms with Crippen LogP contribution in [0.1, 0.15) is 5.82 Å². The van der Waals surface area contributed by atoms with Crippen LogP contribution in [0.4, 0.5) is 4.39 Å². The molecule has 0 spiro atoms. The molecule has 1 aromatic heterocycles. The lowest BCUT2D eigenvalue weighted by Gasteiger charge is -2.07. The molecule has 2 rings (SSSR count). The van der Waals surface area contributed by atoms with Crippen molar-refractivity contribution in [2.24, 2.45) is 0 Å². The highest BCUT2D eigenvalue weighted by atomic mass is 35.5. The van der Waals surface area contributed by atoms with Crippen molar-refractivity contribution in [1.29, 1.82) is 0 Å². The van der Waals surface area contributed by atoms with Gasteiger partial charge in [-0.3, -0.25) is 0 Å². The molecule has 0 N–H and O–H groups in total. The second-order valence-electron chi connectivity index (χ2n) is 3.87. The molecule has 0 fully saturated rings. The summed E-state index contributed by atoms with van der Waals surface area (Å²) in [6.07, 6.45) is 2.72. The number of benzene rings is 1. The van der Waals surface area contributed by atoms with Crippen LogP contribution in [-0.2, 0) is 13.0 Å². The van der Waals surface area contributed by atoms with E-state index < -0.39 is 5.82 Å². The highest BCUT2D eigenvalue weighted by molar-refractivity contribution is 7.98. The van der Waals surface area contributed by atoms with Gasteiger partial charge in [0.15, 0.2) is 0 Å². The normalized spacial score (nSPS) is 11.3. The Balaban J connectivity index is 2.53. The first-order chi connectivity index (χ1) is 8.67. The molecule has 0 atom stereocenters. The predicted octanol–water partition coefficient (Wildman–Crippen LogP) is 3.97. The third-order valence-electron chi connectivity index (χ3n) is 2.71. The first-order valence-corrected chi connectivity index (χ1v) is 7.87. The molecule has 1 aromatic carbocycles. The molecule has 18 heavy (non-hydrogen) atoms. The molecule has 0 aliphatic rings. The molecular formula is C12H13Cl2FN2S. The van der Waals surface area contributed by atoms with Crippen LogP contribution < -0.4 is 0 Å². The molecule has 2 aromatic rings. The van der Waals surface area contributed by atoms with Crippen LogP contribution in [0, 0.1) is 5.82 Å². The fourth-order valence-electron chi connectivity index (χ4n) is 1.88. The first-order valence-electron chi connectivity index (χ1n) is 5.56. The van der Waals surface area contributed by atoms with Crippen molar-refractivity contribution in [1.82, 2.24) is 9.55 Å². The van der Waals surface area contributed by atoms with Gasteiger partial charge >= 0.3 is 0 Å². The van der Waals surface area contributed by atoms with E-state index in [1.54, 1.807) is 17.8 Å². The van der Waals surface area contributed by atoms with E-state index in [1.165, 1.54) is 6.07 Å². The van der Waals surface area contributed by atoms with Gasteiger partial charge in [0.25, 0.3) is 0 Å². The molecule has 0 saturated carbocycles. The monoisotopic (exact) mass is 306 g/mol. The fourth-order valence-corrected chi connectivity index (χ4v) is 2.57. The van der Waals surface area contributed by atoms with Gasteiger partial charge < -0.3 is 4.57 Å². The Morgan fingerprint density at radius 1 is 1.44 bits per heavy atom. The summed E-state index contributed by atoms with van der Waals surface area (Å²) < 4.78 is 15.5. The lowest BCUT2D eigenvalue weighted by molar-refractivity contribution is 0.629. The zero-order valence-electron chi connectivity index (χ0n) is 9.92. The Hall–Kier alpha value is -0.450. The Labute approximate surface area is 119 Å². The number of nitrogens with zero attached hydrogens (tertiary/aromatic N) is 2. The van der Waals surface area contributed by atoms with E-state index in [0.29, 0.717) is 17.8 Å². The van der Waals surface area contributed by atoms with E-state index in [-0.39, 0.29) is 5.02 Å². The lowest BCUT2D eigenvalue weighted by atomic mass is 10.3. The smallest absolute Gasteiger partial charge is 0.144 e. The van der Waals surface area contributed by atoms with Crippen LogP contribution in [0.2, 0.25) is 5.02 Å². The standard InChI is InChI=1S/C12H13Cl2FN2S/c1-18-5-4-17-11-6-8(14)9(15)7-10(11)16-12(17)2-3-13/h6-7H,2-5H2,1H3. The highest BCUT2D eigenvalue weighted by Crippen LogP contribution is 2.24. The molecule has 0 bridgehead atoms. The fraction of sp³-hybridized carbons (Fsp3) is 0.417. The van der Waals surface area contributed by atoms with Gasteiger partial charge in [-0.15, -0.1) is 11.6 Å². The molecule has 0 amide bonds. The van der Waals surface area contributed by atoms with E-state index in [9.17, 15) is 4.39 Å². The third kappa shape index (κ3) is 2.76. The van der Waals surface area contributed by atoms with E-state index in [0.717, 1.165) is 23.6 Å². The Kier molecular flexibility index (Phi) is 4.76. The number of aromatic nitrogens is 2. The maximum absolute atomic E-state index is 13.4. The zero-order chi connectivity index (χ0) is 13.1. The SMILES string of the molecule is CSCCn1c(CCCl)nc2cc(F)c(Cl)cc21. The Bertz CT molecular complexity index is 556. The Morgan fingerprint density at radius 3 is 2.89 bits per heavy atom. The summed E-state index contributed by atoms with van der Waals surface area (Å²) in [4.78, 5) is 4.43. The molecular weight excluding hydrogens is 294 g/mol. The minimum absolute atomic E-state index is 0.130. The van der Waals surface area contributed by atoms with Crippen molar-refractivity contribution in [3.8, 4) is 0 Å². The summed E-state index contributed by atoms with van der Waals surface area (Å²) in [6, 6.07) is 3.02. The summed E-state index contributed by atoms with van der Waals surface area (Å²) in [5.74, 6) is 1.92. The van der Waals surface area contributed by atoms with E-state index in [4.69, 9.17) is 23.2 Å². The van der Waals surface area contributed by atoms with E-state index >= 15 is 0 Å². The summed E-state index contributed by atoms with van der Waals surface area (Å²) in [7, 11) is 0. The zero-order valence-corrected chi connectivity index (χ0v) is 12.2. The number of rotatable bonds is 5. The number of alkyl halides is 1. The van der Waals surface area contributed by atoms with Gasteiger partial charge in [-0.2, -0.15) is 11.8 Å². The summed E-state index contributed by atoms with van der Waals surface area (Å²) in [5, 5.41) is 0.130. The molecule has 1 heterocycles. The molecule has 98 valence electrons. The van der Waals surface area contributed by atoms with Gasteiger partial charge in [-0.25, -0.2) is 9.37 Å². The second kappa shape index (κ2) is 6.13. The summed E-state index contributed by atoms with van der Waals surface area (Å²) >= 11 is 13.4. The summed E-state index contributed by atoms with van der Waals surface area (Å²) in [6.45, 7) is 0.825. The van der Waals surface area contributed by atoms with Crippen molar-refractivity contribution in [3.63, 3.8) is 0 Å². The third-order valence-corrected chi connectivity index (χ3v) is 3.78. The van der Waals surface area contributed by atoms with Crippen LogP contribution in [-0.4, -0.2) is 27.4 Å². The first kappa shape index (κ1) is 14.0. The van der Waals surface area contributed by atoms with Crippen molar-refractivity contribution in [2.45, 2.75) is 13.0 Å². The molecule has 0 aliphatic heterocycles. The van der Waals surface area contributed by atoms with Crippen molar-refractivity contribution in [2.75, 3.05) is 17.9 Å². The number of fused-ring (bicyclic) bond motifs is 1. The maximum Gasteiger partial charge on any atom is 0.144 e. The number of imidazole rings is 1. The quantitative estimate of drug-likeness (QED) is 0.778. The number of aryl methyl sites for hydroxylation is 2. The average Bonchev–Trinajstić information content (AvgIpc) is 2.65. The molecule has 0 radical (unpaired) electrons. The van der Waals surface area contributed by atoms with Gasteiger partial charge in [0, 0.05) is 30.7 Å². The molecule has 0 aliphatic carbocycles. The van der Waals surface area contributed by atoms with Gasteiger partial charge in [-0.05, 0) is 12.3 Å². The Morgan fingerprint density at radius 2 is 2.22 bits per heavy atom. The number of thioether (sulfide) groups is 1. The van der Waals surface area contributed by atoms with Crippen molar-refractivity contribution < 1.29 is 4.39 Å². The molecule has 0 saturated heterocycles. The van der Waals surface area contributed by atoms with Gasteiger partial charge in [-0.1, -0.05) is 11.6 Å². The summed E-state index contributed by atoms with van der Waals surface area (Å²) in [5.41, 5.74) is 1.51. The van der Waals surface area contributed by atoms with Crippen molar-refractivity contribution >= 4 is 46.0 Å². The topological polar surface area (TPSA) is 17.8 Å². The van der Waals surface area contributed by atoms with Gasteiger partial charge in [0.05, 0.1) is 16.1 Å². The molecule has 2 nitrogen and oxygen atoms in total. The van der Waals surface area contributed by atoms with Gasteiger partial charge in [0.1, 0.15) is 11.6 Å².